The molecule has 0 aliphatic carbocycles. The zero-order chi connectivity index (χ0) is 30.0. The summed E-state index contributed by atoms with van der Waals surface area (Å²) in [4.78, 5) is 40.3. The highest BCUT2D eigenvalue weighted by atomic mass is 35.5. The van der Waals surface area contributed by atoms with Gasteiger partial charge in [-0.3, -0.25) is 9.59 Å². The molecule has 1 aromatic heterocycles. The number of nitrogens with one attached hydrogen (secondary N) is 2. The van der Waals surface area contributed by atoms with Gasteiger partial charge in [0.2, 0.25) is 27.8 Å². The number of para-hydroxylation sites is 1. The summed E-state index contributed by atoms with van der Waals surface area (Å²) in [7, 11) is -1.97. The normalized spacial score (nSPS) is 16.1. The maximum atomic E-state index is 13.1. The molecule has 0 atom stereocenters. The lowest BCUT2D eigenvalue weighted by atomic mass is 10.1. The summed E-state index contributed by atoms with van der Waals surface area (Å²) in [5.74, 6) is 0.297. The number of hydrogen-bond donors (Lipinski definition) is 3. The van der Waals surface area contributed by atoms with Crippen molar-refractivity contribution in [2.24, 2.45) is 5.14 Å². The number of rotatable bonds is 7. The Labute approximate surface area is 249 Å². The van der Waals surface area contributed by atoms with Crippen LogP contribution in [0.4, 0.5) is 28.8 Å². The van der Waals surface area contributed by atoms with Crippen molar-refractivity contribution in [3.05, 3.63) is 58.7 Å². The van der Waals surface area contributed by atoms with Gasteiger partial charge in [0.15, 0.2) is 5.82 Å². The molecule has 1 saturated heterocycles. The quantitative estimate of drug-likeness (QED) is 0.365. The number of benzene rings is 2. The zero-order valence-corrected chi connectivity index (χ0v) is 25.0. The largest absolute Gasteiger partial charge is 0.339 e. The number of halogens is 1. The molecule has 0 spiro atoms. The van der Waals surface area contributed by atoms with Gasteiger partial charge in [0.1, 0.15) is 16.5 Å². The molecule has 1 fully saturated rings. The monoisotopic (exact) mass is 612 g/mol. The Morgan fingerprint density at radius 1 is 1.10 bits per heavy atom. The first-order valence-corrected chi connectivity index (χ1v) is 15.5. The third-order valence-electron chi connectivity index (χ3n) is 7.44. The van der Waals surface area contributed by atoms with Crippen molar-refractivity contribution in [1.82, 2.24) is 19.8 Å². The molecule has 14 heteroatoms. The average Bonchev–Trinajstić information content (AvgIpc) is 3.09. The van der Waals surface area contributed by atoms with E-state index in [1.165, 1.54) is 12.3 Å². The van der Waals surface area contributed by atoms with Gasteiger partial charge in [-0.2, -0.15) is 4.98 Å². The molecule has 0 unspecified atom stereocenters. The van der Waals surface area contributed by atoms with Gasteiger partial charge < -0.3 is 25.3 Å². The molecule has 2 aromatic carbocycles. The van der Waals surface area contributed by atoms with E-state index in [1.807, 2.05) is 24.1 Å². The second kappa shape index (κ2) is 12.2. The van der Waals surface area contributed by atoms with E-state index >= 15 is 0 Å². The molecule has 4 N–H and O–H groups in total. The van der Waals surface area contributed by atoms with E-state index in [0.29, 0.717) is 43.6 Å². The van der Waals surface area contributed by atoms with Crippen LogP contribution in [0.2, 0.25) is 5.02 Å². The van der Waals surface area contributed by atoms with Crippen LogP contribution < -0.4 is 20.7 Å². The predicted molar refractivity (Wildman–Crippen MR) is 162 cm³/mol. The fraction of sp³-hybridized carbons (Fsp3) is 0.357. The van der Waals surface area contributed by atoms with Crippen molar-refractivity contribution >= 4 is 62.3 Å². The second-order valence-electron chi connectivity index (χ2n) is 10.5. The number of carbonyl (C=O) groups is 2. The maximum absolute atomic E-state index is 13.1. The number of amides is 2. The van der Waals surface area contributed by atoms with Gasteiger partial charge in [-0.15, -0.1) is 0 Å². The van der Waals surface area contributed by atoms with Crippen molar-refractivity contribution in [2.45, 2.75) is 31.1 Å². The highest BCUT2D eigenvalue weighted by Crippen LogP contribution is 2.33. The van der Waals surface area contributed by atoms with Crippen molar-refractivity contribution in [2.75, 3.05) is 55.3 Å². The minimum absolute atomic E-state index is 0.0110. The summed E-state index contributed by atoms with van der Waals surface area (Å²) in [6.07, 6.45) is 3.11. The Bertz CT molecular complexity index is 1630. The van der Waals surface area contributed by atoms with Crippen LogP contribution in [-0.2, 0) is 26.0 Å². The Balaban J connectivity index is 1.36. The molecule has 42 heavy (non-hydrogen) atoms. The van der Waals surface area contributed by atoms with E-state index in [1.54, 1.807) is 30.0 Å². The van der Waals surface area contributed by atoms with Crippen LogP contribution in [0, 0.1) is 6.92 Å². The van der Waals surface area contributed by atoms with Gasteiger partial charge in [-0.25, -0.2) is 18.5 Å². The fourth-order valence-electron chi connectivity index (χ4n) is 5.09. The summed E-state index contributed by atoms with van der Waals surface area (Å²) in [5.41, 5.74) is 3.25. The summed E-state index contributed by atoms with van der Waals surface area (Å²) in [6.45, 7) is 4.68. The fourth-order valence-corrected chi connectivity index (χ4v) is 5.99. The Morgan fingerprint density at radius 2 is 1.86 bits per heavy atom. The number of aryl methyl sites for hydroxylation is 2. The Morgan fingerprint density at radius 3 is 2.60 bits per heavy atom. The van der Waals surface area contributed by atoms with Gasteiger partial charge in [0.25, 0.3) is 0 Å². The van der Waals surface area contributed by atoms with Crippen LogP contribution in [0.5, 0.6) is 0 Å². The molecular formula is C28H33ClN8O4S. The second-order valence-corrected chi connectivity index (χ2v) is 12.4. The number of carbonyl (C=O) groups excluding carboxylic acids is 2. The van der Waals surface area contributed by atoms with E-state index in [-0.39, 0.29) is 45.7 Å². The van der Waals surface area contributed by atoms with E-state index in [4.69, 9.17) is 16.7 Å². The highest BCUT2D eigenvalue weighted by molar-refractivity contribution is 7.89. The number of sulfonamides is 1. The number of likely N-dealkylation sites (N-methyl/N-ethyl adjacent to an activating group) is 1. The maximum Gasteiger partial charge on any atom is 0.242 e. The van der Waals surface area contributed by atoms with Crippen molar-refractivity contribution < 1.29 is 18.0 Å². The van der Waals surface area contributed by atoms with Gasteiger partial charge in [0.05, 0.1) is 11.9 Å². The van der Waals surface area contributed by atoms with Gasteiger partial charge in [0, 0.05) is 44.0 Å². The molecule has 0 radical (unpaired) electrons. The van der Waals surface area contributed by atoms with Crippen LogP contribution in [0.15, 0.2) is 47.5 Å². The summed E-state index contributed by atoms with van der Waals surface area (Å²) >= 11 is 6.35. The smallest absolute Gasteiger partial charge is 0.242 e. The molecule has 0 saturated carbocycles. The minimum Gasteiger partial charge on any atom is -0.339 e. The minimum atomic E-state index is -4.00. The van der Waals surface area contributed by atoms with Crippen LogP contribution >= 0.6 is 11.6 Å². The third kappa shape index (κ3) is 6.65. The average molecular weight is 613 g/mol. The lowest BCUT2D eigenvalue weighted by Gasteiger charge is -2.34. The molecule has 222 valence electrons. The van der Waals surface area contributed by atoms with Crippen LogP contribution in [-0.4, -0.2) is 79.8 Å². The topological polar surface area (TPSA) is 154 Å². The molecule has 2 aliphatic heterocycles. The predicted octanol–water partition coefficient (Wildman–Crippen LogP) is 3.02. The van der Waals surface area contributed by atoms with Gasteiger partial charge >= 0.3 is 0 Å². The number of primary sulfonamides is 1. The zero-order valence-electron chi connectivity index (χ0n) is 23.4. The van der Waals surface area contributed by atoms with Crippen LogP contribution in [0.3, 0.4) is 0 Å². The number of hydrogen-bond acceptors (Lipinski definition) is 9. The van der Waals surface area contributed by atoms with E-state index in [9.17, 15) is 18.0 Å². The first-order valence-electron chi connectivity index (χ1n) is 13.6. The number of aromatic nitrogens is 2. The molecule has 2 amide bonds. The van der Waals surface area contributed by atoms with Crippen molar-refractivity contribution in [3.63, 3.8) is 0 Å². The molecule has 2 aliphatic rings. The van der Waals surface area contributed by atoms with Gasteiger partial charge in [-0.1, -0.05) is 23.7 Å². The number of anilines is 5. The number of piperazine rings is 1. The number of nitrogens with two attached hydrogens (primary N) is 1. The van der Waals surface area contributed by atoms with Crippen molar-refractivity contribution in [3.8, 4) is 0 Å². The first kappa shape index (κ1) is 29.7. The molecule has 0 bridgehead atoms. The Hall–Kier alpha value is -3.78. The lowest BCUT2D eigenvalue weighted by molar-refractivity contribution is -0.132. The van der Waals surface area contributed by atoms with Crippen LogP contribution in [0.1, 0.15) is 24.0 Å². The van der Waals surface area contributed by atoms with Gasteiger partial charge in [-0.05, 0) is 62.2 Å². The number of fused-ring (bicyclic) bond motifs is 1. The first-order chi connectivity index (χ1) is 20.0. The summed E-state index contributed by atoms with van der Waals surface area (Å²) < 4.78 is 24.3. The molecule has 3 aromatic rings. The SMILES string of the molecule is Cc1cccc(S(N)(=O)=O)c1Nc1nc(Nc2ccc3c(c2)CCCC(=O)N3CC(=O)N2CCN(C)CC2)ncc1Cl. The molecular weight excluding hydrogens is 580 g/mol. The Kier molecular flexibility index (Phi) is 8.64. The lowest BCUT2D eigenvalue weighted by Crippen LogP contribution is -2.50. The standard InChI is InChI=1S/C28H33ClN8O4S/c1-18-5-3-7-23(42(30,40)41)26(18)33-27-21(29)16-31-28(34-27)32-20-9-10-22-19(15-20)6-4-8-24(38)37(22)17-25(39)36-13-11-35(2)12-14-36/h3,5,7,9-10,15-16H,4,6,8,11-14,17H2,1-2H3,(H2,30,40,41)(H2,31,32,33,34). The van der Waals surface area contributed by atoms with E-state index < -0.39 is 10.0 Å². The van der Waals surface area contributed by atoms with E-state index in [0.717, 1.165) is 24.3 Å². The summed E-state index contributed by atoms with van der Waals surface area (Å²) in [6, 6.07) is 10.3. The highest BCUT2D eigenvalue weighted by Gasteiger charge is 2.28. The molecule has 5 rings (SSSR count). The number of nitrogens with zero attached hydrogens (tertiary/aromatic N) is 5. The van der Waals surface area contributed by atoms with Crippen LogP contribution in [0.25, 0.3) is 0 Å². The molecule has 12 nitrogen and oxygen atoms in total. The third-order valence-corrected chi connectivity index (χ3v) is 8.67. The molecule has 3 heterocycles. The van der Waals surface area contributed by atoms with Crippen molar-refractivity contribution in [1.29, 1.82) is 0 Å². The summed E-state index contributed by atoms with van der Waals surface area (Å²) in [5, 5.41) is 11.8. The van der Waals surface area contributed by atoms with E-state index in [2.05, 4.69) is 25.5 Å².